The van der Waals surface area contributed by atoms with Gasteiger partial charge in [0.15, 0.2) is 6.10 Å². The van der Waals surface area contributed by atoms with Crippen LogP contribution in [0.4, 0.5) is 0 Å². The normalized spacial score (nSPS) is 11.0. The molecule has 0 heterocycles. The van der Waals surface area contributed by atoms with Gasteiger partial charge in [0.1, 0.15) is 5.75 Å². The fourth-order valence-electron chi connectivity index (χ4n) is 1.57. The number of carboxylic acids is 2. The third kappa shape index (κ3) is 6.06. The maximum Gasteiger partial charge on any atom is 0.337 e. The predicted octanol–water partition coefficient (Wildman–Crippen LogP) is 1.82. The van der Waals surface area contributed by atoms with Crippen LogP contribution < -0.4 is 0 Å². The first kappa shape index (κ1) is 17.2. The molecule has 1 unspecified atom stereocenters. The highest BCUT2D eigenvalue weighted by Gasteiger charge is 2.14. The number of rotatable bonds is 4. The van der Waals surface area contributed by atoms with E-state index in [2.05, 4.69) is 0 Å². The molecule has 0 saturated heterocycles. The summed E-state index contributed by atoms with van der Waals surface area (Å²) in [6, 6.07) is 14.4. The van der Waals surface area contributed by atoms with E-state index in [-0.39, 0.29) is 12.2 Å². The van der Waals surface area contributed by atoms with Crippen LogP contribution in [0.1, 0.15) is 17.2 Å². The van der Waals surface area contributed by atoms with Crippen LogP contribution in [0.3, 0.4) is 0 Å². The lowest BCUT2D eigenvalue weighted by molar-refractivity contribution is -0.147. The SMILES string of the molecule is O=C(O)C(O)c1ccccc1.O=C(O)Cc1ccc(O)cc1. The standard InChI is InChI=1S/2C8H8O3/c9-7-3-1-6(2-4-7)5-8(10)11;9-7(8(10)11)6-4-2-1-3-5-6/h1-4,9H,5H2,(H,10,11);1-5,7,9H,(H,10,11). The number of aliphatic hydroxyl groups excluding tert-OH is 1. The average molecular weight is 304 g/mol. The number of phenolic OH excluding ortho intramolecular Hbond substituents is 1. The summed E-state index contributed by atoms with van der Waals surface area (Å²) in [5, 5.41) is 34.6. The Morgan fingerprint density at radius 3 is 1.91 bits per heavy atom. The molecule has 0 saturated carbocycles. The Labute approximate surface area is 126 Å². The van der Waals surface area contributed by atoms with E-state index in [9.17, 15) is 9.59 Å². The van der Waals surface area contributed by atoms with Gasteiger partial charge in [-0.3, -0.25) is 4.79 Å². The molecule has 0 bridgehead atoms. The van der Waals surface area contributed by atoms with Crippen molar-refractivity contribution in [1.29, 1.82) is 0 Å². The largest absolute Gasteiger partial charge is 0.508 e. The molecule has 1 atom stereocenters. The number of benzene rings is 2. The molecule has 6 heteroatoms. The minimum Gasteiger partial charge on any atom is -0.508 e. The van der Waals surface area contributed by atoms with Crippen LogP contribution in [-0.2, 0) is 16.0 Å². The van der Waals surface area contributed by atoms with Crippen molar-refractivity contribution in [3.8, 4) is 5.75 Å². The van der Waals surface area contributed by atoms with Crippen molar-refractivity contribution in [3.63, 3.8) is 0 Å². The zero-order valence-electron chi connectivity index (χ0n) is 11.6. The highest BCUT2D eigenvalue weighted by molar-refractivity contribution is 5.73. The number of phenols is 1. The van der Waals surface area contributed by atoms with Crippen molar-refractivity contribution in [2.75, 3.05) is 0 Å². The minimum atomic E-state index is -1.41. The highest BCUT2D eigenvalue weighted by atomic mass is 16.4. The van der Waals surface area contributed by atoms with Crippen LogP contribution in [0.2, 0.25) is 0 Å². The summed E-state index contributed by atoms with van der Waals surface area (Å²) >= 11 is 0. The second-order valence-electron chi connectivity index (χ2n) is 4.39. The Morgan fingerprint density at radius 1 is 0.909 bits per heavy atom. The summed E-state index contributed by atoms with van der Waals surface area (Å²) in [5.74, 6) is -1.94. The Morgan fingerprint density at radius 2 is 1.45 bits per heavy atom. The summed E-state index contributed by atoms with van der Waals surface area (Å²) in [4.78, 5) is 20.4. The van der Waals surface area contributed by atoms with Crippen LogP contribution in [0, 0.1) is 0 Å². The minimum absolute atomic E-state index is 0.000278. The van der Waals surface area contributed by atoms with Crippen molar-refractivity contribution < 1.29 is 30.0 Å². The molecule has 0 radical (unpaired) electrons. The Hall–Kier alpha value is -2.86. The molecule has 0 aromatic heterocycles. The van der Waals surface area contributed by atoms with Crippen molar-refractivity contribution in [1.82, 2.24) is 0 Å². The van der Waals surface area contributed by atoms with Crippen molar-refractivity contribution in [2.24, 2.45) is 0 Å². The molecule has 0 fully saturated rings. The van der Waals surface area contributed by atoms with Crippen LogP contribution in [0.5, 0.6) is 5.75 Å². The quantitative estimate of drug-likeness (QED) is 0.685. The smallest absolute Gasteiger partial charge is 0.337 e. The Kier molecular flexibility index (Phi) is 6.59. The van der Waals surface area contributed by atoms with E-state index < -0.39 is 18.0 Å². The van der Waals surface area contributed by atoms with Gasteiger partial charge in [-0.05, 0) is 23.3 Å². The predicted molar refractivity (Wildman–Crippen MR) is 78.5 cm³/mol. The number of carbonyl (C=O) groups is 2. The number of aliphatic carboxylic acids is 2. The fraction of sp³-hybridized carbons (Fsp3) is 0.125. The molecule has 2 aromatic rings. The van der Waals surface area contributed by atoms with E-state index in [0.29, 0.717) is 11.1 Å². The van der Waals surface area contributed by atoms with Crippen LogP contribution in [0.25, 0.3) is 0 Å². The second kappa shape index (κ2) is 8.43. The van der Waals surface area contributed by atoms with Crippen LogP contribution in [0.15, 0.2) is 54.6 Å². The molecule has 6 nitrogen and oxygen atoms in total. The first-order valence-electron chi connectivity index (χ1n) is 6.35. The molecule has 0 amide bonds. The fourth-order valence-corrected chi connectivity index (χ4v) is 1.57. The van der Waals surface area contributed by atoms with E-state index in [4.69, 9.17) is 20.4 Å². The molecular formula is C16H16O6. The van der Waals surface area contributed by atoms with Gasteiger partial charge < -0.3 is 20.4 Å². The maximum absolute atomic E-state index is 10.2. The van der Waals surface area contributed by atoms with Crippen LogP contribution in [-0.4, -0.2) is 32.4 Å². The van der Waals surface area contributed by atoms with E-state index in [1.165, 1.54) is 12.1 Å². The molecule has 22 heavy (non-hydrogen) atoms. The third-order valence-electron chi connectivity index (χ3n) is 2.64. The zero-order valence-corrected chi connectivity index (χ0v) is 11.6. The number of aromatic hydroxyl groups is 1. The number of hydrogen-bond acceptors (Lipinski definition) is 4. The van der Waals surface area contributed by atoms with Gasteiger partial charge in [-0.1, -0.05) is 42.5 Å². The van der Waals surface area contributed by atoms with E-state index >= 15 is 0 Å². The number of hydrogen-bond donors (Lipinski definition) is 4. The summed E-state index contributed by atoms with van der Waals surface area (Å²) in [7, 11) is 0. The monoisotopic (exact) mass is 304 g/mol. The highest BCUT2D eigenvalue weighted by Crippen LogP contribution is 2.11. The van der Waals surface area contributed by atoms with E-state index in [1.807, 2.05) is 0 Å². The van der Waals surface area contributed by atoms with Gasteiger partial charge in [0.25, 0.3) is 0 Å². The van der Waals surface area contributed by atoms with Crippen molar-refractivity contribution in [2.45, 2.75) is 12.5 Å². The molecule has 0 aliphatic carbocycles. The second-order valence-corrected chi connectivity index (χ2v) is 4.39. The Balaban J connectivity index is 0.000000220. The summed E-state index contributed by atoms with van der Waals surface area (Å²) in [5.41, 5.74) is 1.09. The molecule has 2 aromatic carbocycles. The van der Waals surface area contributed by atoms with Gasteiger partial charge in [-0.15, -0.1) is 0 Å². The molecule has 0 aliphatic rings. The topological polar surface area (TPSA) is 115 Å². The maximum atomic E-state index is 10.2. The van der Waals surface area contributed by atoms with Gasteiger partial charge in [-0.25, -0.2) is 4.79 Å². The van der Waals surface area contributed by atoms with Gasteiger partial charge in [0.05, 0.1) is 6.42 Å². The average Bonchev–Trinajstić information content (AvgIpc) is 2.50. The lowest BCUT2D eigenvalue weighted by Gasteiger charge is -2.03. The summed E-state index contributed by atoms with van der Waals surface area (Å²) in [6.45, 7) is 0. The molecule has 116 valence electrons. The van der Waals surface area contributed by atoms with Gasteiger partial charge >= 0.3 is 11.9 Å². The summed E-state index contributed by atoms with van der Waals surface area (Å²) < 4.78 is 0. The van der Waals surface area contributed by atoms with E-state index in [1.54, 1.807) is 42.5 Å². The zero-order chi connectivity index (χ0) is 16.5. The van der Waals surface area contributed by atoms with Gasteiger partial charge in [-0.2, -0.15) is 0 Å². The summed E-state index contributed by atoms with van der Waals surface area (Å²) in [6.07, 6.45) is -1.41. The number of carboxylic acid groups (broad SMARTS) is 2. The lowest BCUT2D eigenvalue weighted by Crippen LogP contribution is -2.09. The molecule has 4 N–H and O–H groups in total. The molecule has 0 aliphatic heterocycles. The van der Waals surface area contributed by atoms with Crippen LogP contribution >= 0.6 is 0 Å². The lowest BCUT2D eigenvalue weighted by atomic mass is 10.1. The number of aliphatic hydroxyl groups is 1. The van der Waals surface area contributed by atoms with Gasteiger partial charge in [0.2, 0.25) is 0 Å². The van der Waals surface area contributed by atoms with E-state index in [0.717, 1.165) is 0 Å². The molecule has 0 spiro atoms. The Bertz CT molecular complexity index is 606. The third-order valence-corrected chi connectivity index (χ3v) is 2.64. The first-order valence-corrected chi connectivity index (χ1v) is 6.35. The molecule has 2 rings (SSSR count). The van der Waals surface area contributed by atoms with Gasteiger partial charge in [0, 0.05) is 0 Å². The van der Waals surface area contributed by atoms with Crippen molar-refractivity contribution >= 4 is 11.9 Å². The molecular weight excluding hydrogens is 288 g/mol. The first-order chi connectivity index (χ1) is 10.4. The van der Waals surface area contributed by atoms with Crippen molar-refractivity contribution in [3.05, 3.63) is 65.7 Å².